The zero-order valence-electron chi connectivity index (χ0n) is 16.0. The van der Waals surface area contributed by atoms with Crippen LogP contribution in [0.5, 0.6) is 0 Å². The molecule has 2 aromatic heterocycles. The van der Waals surface area contributed by atoms with Gasteiger partial charge < -0.3 is 9.47 Å². The molecule has 0 spiro atoms. The number of fused-ring (bicyclic) bond motifs is 1. The van der Waals surface area contributed by atoms with E-state index in [2.05, 4.69) is 14.8 Å². The first kappa shape index (κ1) is 18.3. The summed E-state index contributed by atoms with van der Waals surface area (Å²) >= 11 is 1.64. The number of thiophene rings is 1. The van der Waals surface area contributed by atoms with Gasteiger partial charge in [-0.2, -0.15) is 0 Å². The van der Waals surface area contributed by atoms with Crippen molar-refractivity contribution in [3.05, 3.63) is 33.0 Å². The van der Waals surface area contributed by atoms with Crippen LogP contribution in [0.1, 0.15) is 69.8 Å². The first-order valence-electron chi connectivity index (χ1n) is 9.83. The van der Waals surface area contributed by atoms with Crippen molar-refractivity contribution >= 4 is 23.0 Å². The van der Waals surface area contributed by atoms with Crippen molar-refractivity contribution in [2.24, 2.45) is 0 Å². The van der Waals surface area contributed by atoms with Crippen LogP contribution in [0, 0.1) is 13.8 Å². The van der Waals surface area contributed by atoms with E-state index in [1.165, 1.54) is 0 Å². The molecule has 2 aliphatic rings. The maximum Gasteiger partial charge on any atom is 0.223 e. The Morgan fingerprint density at radius 1 is 1.19 bits per heavy atom. The molecule has 7 heteroatoms. The average Bonchev–Trinajstić information content (AvgIpc) is 3.35. The van der Waals surface area contributed by atoms with Crippen LogP contribution in [0.25, 0.3) is 0 Å². The minimum Gasteiger partial charge on any atom is -0.342 e. The number of likely N-dealkylation sites (tertiary alicyclic amines) is 1. The standard InChI is InChI=1S/C20H26N4O2S/c1-13-11-16(14(2)27-13)17(25)7-8-19(26)23-9-3-5-15(12-23)20-22-21-18-6-4-10-24(18)20/h11,15H,3-10,12H2,1-2H3/t15-/m1/s1. The van der Waals surface area contributed by atoms with Gasteiger partial charge in [0, 0.05) is 60.1 Å². The van der Waals surface area contributed by atoms with Crippen LogP contribution >= 0.6 is 11.3 Å². The molecule has 1 saturated heterocycles. The zero-order chi connectivity index (χ0) is 19.0. The van der Waals surface area contributed by atoms with E-state index in [0.29, 0.717) is 6.54 Å². The lowest BCUT2D eigenvalue weighted by atomic mass is 9.96. The highest BCUT2D eigenvalue weighted by Gasteiger charge is 2.30. The van der Waals surface area contributed by atoms with Gasteiger partial charge >= 0.3 is 0 Å². The second-order valence-electron chi connectivity index (χ2n) is 7.66. The third-order valence-corrected chi connectivity index (χ3v) is 6.65. The summed E-state index contributed by atoms with van der Waals surface area (Å²) in [5, 5.41) is 8.71. The number of aryl methyl sites for hydroxylation is 3. The number of amides is 1. The highest BCUT2D eigenvalue weighted by atomic mass is 32.1. The third kappa shape index (κ3) is 3.70. The SMILES string of the molecule is Cc1cc(C(=O)CCC(=O)N2CCC[C@@H](c3nnc4n3CCC4)C2)c(C)s1. The van der Waals surface area contributed by atoms with Crippen LogP contribution in [-0.4, -0.2) is 44.4 Å². The van der Waals surface area contributed by atoms with Crippen molar-refractivity contribution in [2.45, 2.75) is 64.8 Å². The van der Waals surface area contributed by atoms with Crippen LogP contribution in [0.3, 0.4) is 0 Å². The lowest BCUT2D eigenvalue weighted by Gasteiger charge is -2.32. The van der Waals surface area contributed by atoms with E-state index in [9.17, 15) is 9.59 Å². The molecule has 4 rings (SSSR count). The van der Waals surface area contributed by atoms with Gasteiger partial charge in [-0.05, 0) is 39.2 Å². The topological polar surface area (TPSA) is 68.1 Å². The van der Waals surface area contributed by atoms with Crippen LogP contribution in [-0.2, 0) is 17.8 Å². The maximum atomic E-state index is 12.7. The van der Waals surface area contributed by atoms with E-state index in [1.807, 2.05) is 24.8 Å². The minimum absolute atomic E-state index is 0.0778. The predicted molar refractivity (Wildman–Crippen MR) is 104 cm³/mol. The van der Waals surface area contributed by atoms with E-state index in [4.69, 9.17) is 0 Å². The number of hydrogen-bond acceptors (Lipinski definition) is 5. The van der Waals surface area contributed by atoms with Crippen molar-refractivity contribution in [2.75, 3.05) is 13.1 Å². The molecule has 0 radical (unpaired) electrons. The van der Waals surface area contributed by atoms with Gasteiger partial charge in [0.05, 0.1) is 0 Å². The number of carbonyl (C=O) groups excluding carboxylic acids is 2. The number of Topliss-reactive ketones (excluding diaryl/α,β-unsaturated/α-hetero) is 1. The Hall–Kier alpha value is -2.02. The molecule has 0 N–H and O–H groups in total. The van der Waals surface area contributed by atoms with Crippen molar-refractivity contribution in [3.63, 3.8) is 0 Å². The van der Waals surface area contributed by atoms with Crippen molar-refractivity contribution in [1.29, 1.82) is 0 Å². The van der Waals surface area contributed by atoms with Crippen molar-refractivity contribution < 1.29 is 9.59 Å². The van der Waals surface area contributed by atoms with Gasteiger partial charge in [0.15, 0.2) is 5.78 Å². The molecule has 0 aliphatic carbocycles. The molecule has 4 heterocycles. The lowest BCUT2D eigenvalue weighted by Crippen LogP contribution is -2.39. The van der Waals surface area contributed by atoms with E-state index >= 15 is 0 Å². The van der Waals surface area contributed by atoms with Crippen LogP contribution in [0.2, 0.25) is 0 Å². The summed E-state index contributed by atoms with van der Waals surface area (Å²) in [6.45, 7) is 6.45. The van der Waals surface area contributed by atoms with Crippen molar-refractivity contribution in [3.8, 4) is 0 Å². The summed E-state index contributed by atoms with van der Waals surface area (Å²) in [5.74, 6) is 2.55. The Morgan fingerprint density at radius 2 is 2.04 bits per heavy atom. The highest BCUT2D eigenvalue weighted by molar-refractivity contribution is 7.12. The number of ketones is 1. The highest BCUT2D eigenvalue weighted by Crippen LogP contribution is 2.29. The van der Waals surface area contributed by atoms with Crippen molar-refractivity contribution in [1.82, 2.24) is 19.7 Å². The fourth-order valence-corrected chi connectivity index (χ4v) is 5.25. The molecule has 1 fully saturated rings. The number of piperidine rings is 1. The van der Waals surface area contributed by atoms with E-state index in [1.54, 1.807) is 11.3 Å². The number of rotatable bonds is 5. The monoisotopic (exact) mass is 386 g/mol. The molecule has 0 aromatic carbocycles. The first-order valence-corrected chi connectivity index (χ1v) is 10.6. The maximum absolute atomic E-state index is 12.7. The fourth-order valence-electron chi connectivity index (χ4n) is 4.31. The van der Waals surface area contributed by atoms with Gasteiger partial charge in [-0.1, -0.05) is 0 Å². The second-order valence-corrected chi connectivity index (χ2v) is 9.12. The molecule has 27 heavy (non-hydrogen) atoms. The normalized spacial score (nSPS) is 19.3. The van der Waals surface area contributed by atoms with E-state index in [-0.39, 0.29) is 30.4 Å². The van der Waals surface area contributed by atoms with Gasteiger partial charge in [-0.3, -0.25) is 9.59 Å². The second kappa shape index (κ2) is 7.54. The Labute approximate surface area is 163 Å². The van der Waals surface area contributed by atoms with Gasteiger partial charge in [0.1, 0.15) is 11.6 Å². The summed E-state index contributed by atoms with van der Waals surface area (Å²) in [4.78, 5) is 29.3. The van der Waals surface area contributed by atoms with Crippen LogP contribution < -0.4 is 0 Å². The Morgan fingerprint density at radius 3 is 2.81 bits per heavy atom. The molecular weight excluding hydrogens is 360 g/mol. The van der Waals surface area contributed by atoms with Gasteiger partial charge in [-0.15, -0.1) is 21.5 Å². The quantitative estimate of drug-likeness (QED) is 0.740. The number of nitrogens with zero attached hydrogens (tertiary/aromatic N) is 4. The Balaban J connectivity index is 1.36. The Bertz CT molecular complexity index is 869. The molecule has 144 valence electrons. The summed E-state index contributed by atoms with van der Waals surface area (Å²) < 4.78 is 2.24. The zero-order valence-corrected chi connectivity index (χ0v) is 16.8. The molecule has 1 atom stereocenters. The first-order chi connectivity index (χ1) is 13.0. The summed E-state index contributed by atoms with van der Waals surface area (Å²) in [7, 11) is 0. The van der Waals surface area contributed by atoms with E-state index in [0.717, 1.165) is 65.7 Å². The molecule has 2 aliphatic heterocycles. The smallest absolute Gasteiger partial charge is 0.223 e. The predicted octanol–water partition coefficient (Wildman–Crippen LogP) is 3.27. The molecule has 1 amide bonds. The van der Waals surface area contributed by atoms with Gasteiger partial charge in [0.2, 0.25) is 5.91 Å². The number of hydrogen-bond donors (Lipinski definition) is 0. The fraction of sp³-hybridized carbons (Fsp3) is 0.600. The van der Waals surface area contributed by atoms with Gasteiger partial charge in [-0.25, -0.2) is 0 Å². The van der Waals surface area contributed by atoms with Crippen LogP contribution in [0.15, 0.2) is 6.07 Å². The molecule has 0 saturated carbocycles. The van der Waals surface area contributed by atoms with Gasteiger partial charge in [0.25, 0.3) is 0 Å². The molecule has 0 unspecified atom stereocenters. The number of aromatic nitrogens is 3. The third-order valence-electron chi connectivity index (χ3n) is 5.68. The number of carbonyl (C=O) groups is 2. The largest absolute Gasteiger partial charge is 0.342 e. The Kier molecular flexibility index (Phi) is 5.12. The van der Waals surface area contributed by atoms with E-state index < -0.39 is 0 Å². The summed E-state index contributed by atoms with van der Waals surface area (Å²) in [6.07, 6.45) is 4.75. The van der Waals surface area contributed by atoms with Crippen LogP contribution in [0.4, 0.5) is 0 Å². The lowest BCUT2D eigenvalue weighted by molar-refractivity contribution is -0.132. The average molecular weight is 387 g/mol. The molecule has 6 nitrogen and oxygen atoms in total. The minimum atomic E-state index is 0.0778. The molecule has 0 bridgehead atoms. The summed E-state index contributed by atoms with van der Waals surface area (Å²) in [6, 6.07) is 1.94. The molecule has 2 aromatic rings. The summed E-state index contributed by atoms with van der Waals surface area (Å²) in [5.41, 5.74) is 0.779. The molecular formula is C20H26N4O2S.